The maximum absolute atomic E-state index is 13.3. The van der Waals surface area contributed by atoms with E-state index in [1.165, 1.54) is 23.5 Å². The fraction of sp³-hybridized carbons (Fsp3) is 0.333. The lowest BCUT2D eigenvalue weighted by molar-refractivity contribution is -0.137. The Balaban J connectivity index is 1.73. The molecule has 0 radical (unpaired) electrons. The first kappa shape index (κ1) is 22.3. The first-order valence-corrected chi connectivity index (χ1v) is 11.2. The summed E-state index contributed by atoms with van der Waals surface area (Å²) in [7, 11) is 0. The summed E-state index contributed by atoms with van der Waals surface area (Å²) in [6.07, 6.45) is -3.47. The average molecular weight is 461 g/mol. The van der Waals surface area contributed by atoms with Crippen LogP contribution in [0.1, 0.15) is 50.7 Å². The lowest BCUT2D eigenvalue weighted by Crippen LogP contribution is -2.39. The Bertz CT molecular complexity index is 1140. The molecule has 0 fully saturated rings. The molecule has 1 aromatic heterocycles. The van der Waals surface area contributed by atoms with Gasteiger partial charge in [0.15, 0.2) is 5.78 Å². The summed E-state index contributed by atoms with van der Waals surface area (Å²) >= 11 is 1.46. The van der Waals surface area contributed by atoms with E-state index >= 15 is 0 Å². The van der Waals surface area contributed by atoms with Gasteiger partial charge in [-0.3, -0.25) is 9.59 Å². The highest BCUT2D eigenvalue weighted by Gasteiger charge is 2.42. The van der Waals surface area contributed by atoms with Crippen molar-refractivity contribution in [2.45, 2.75) is 45.7 Å². The smallest absolute Gasteiger partial charge is 0.362 e. The summed E-state index contributed by atoms with van der Waals surface area (Å²) in [5.74, 6) is -1.11. The number of hydrogen-bond acceptors (Lipinski definition) is 4. The van der Waals surface area contributed by atoms with Gasteiger partial charge in [0.05, 0.1) is 5.56 Å². The predicted octanol–water partition coefficient (Wildman–Crippen LogP) is 6.01. The van der Waals surface area contributed by atoms with Crippen molar-refractivity contribution in [2.24, 2.45) is 5.41 Å². The number of halogens is 3. The molecule has 1 aliphatic carbocycles. The number of anilines is 1. The molecule has 168 valence electrons. The predicted molar refractivity (Wildman–Crippen MR) is 118 cm³/mol. The molecule has 2 heterocycles. The molecule has 1 aliphatic heterocycles. The summed E-state index contributed by atoms with van der Waals surface area (Å²) in [5, 5.41) is 9.64. The van der Waals surface area contributed by atoms with Crippen LogP contribution in [0.2, 0.25) is 0 Å². The minimum atomic E-state index is -4.51. The number of allylic oxidation sites excluding steroid dienone is 3. The molecule has 4 rings (SSSR count). The van der Waals surface area contributed by atoms with E-state index in [9.17, 15) is 22.8 Å². The molecule has 0 unspecified atom stereocenters. The summed E-state index contributed by atoms with van der Waals surface area (Å²) in [5.41, 5.74) is 2.16. The van der Waals surface area contributed by atoms with Gasteiger partial charge >= 0.3 is 6.18 Å². The molecular formula is C24H23F3N2O2S. The van der Waals surface area contributed by atoms with Crippen LogP contribution in [-0.4, -0.2) is 11.7 Å². The number of amides is 1. The van der Waals surface area contributed by atoms with Gasteiger partial charge in [-0.15, -0.1) is 0 Å². The van der Waals surface area contributed by atoms with E-state index in [1.807, 2.05) is 30.7 Å². The summed E-state index contributed by atoms with van der Waals surface area (Å²) in [6, 6.07) is 6.40. The standard InChI is InChI=1S/C24H23F3N2O2S/c1-13-19(22(31)29-16-6-4-5-15(9-16)24(25,26)27)20(14-7-8-32-12-14)21-17(28-13)10-23(2,3)11-18(21)30/h4-9,12,20,28H,10-11H2,1-3H3,(H,29,31)/t20-/m1/s1. The van der Waals surface area contributed by atoms with Crippen molar-refractivity contribution in [3.63, 3.8) is 0 Å². The number of benzene rings is 1. The first-order chi connectivity index (χ1) is 15.0. The SMILES string of the molecule is CC1=C(C(=O)Nc2cccc(C(F)(F)F)c2)[C@@H](c2ccsc2)C2=C(CC(C)(C)CC2=O)N1. The number of alkyl halides is 3. The Hall–Kier alpha value is -2.87. The number of dihydropyridines is 1. The van der Waals surface area contributed by atoms with Crippen molar-refractivity contribution in [3.8, 4) is 0 Å². The Labute approximate surface area is 188 Å². The van der Waals surface area contributed by atoms with Gasteiger partial charge in [0.2, 0.25) is 0 Å². The van der Waals surface area contributed by atoms with Gasteiger partial charge < -0.3 is 10.6 Å². The van der Waals surface area contributed by atoms with Gasteiger partial charge in [0, 0.05) is 40.6 Å². The van der Waals surface area contributed by atoms with Crippen molar-refractivity contribution < 1.29 is 22.8 Å². The average Bonchev–Trinajstić information content (AvgIpc) is 3.19. The van der Waals surface area contributed by atoms with Crippen molar-refractivity contribution in [3.05, 3.63) is 74.8 Å². The van der Waals surface area contributed by atoms with Crippen LogP contribution in [0.25, 0.3) is 0 Å². The maximum Gasteiger partial charge on any atom is 0.416 e. The molecule has 1 atom stereocenters. The van der Waals surface area contributed by atoms with Gasteiger partial charge in [-0.2, -0.15) is 24.5 Å². The number of carbonyl (C=O) groups excluding carboxylic acids is 2. The molecule has 8 heteroatoms. The number of carbonyl (C=O) groups is 2. The minimum absolute atomic E-state index is 0.0168. The second-order valence-corrected chi connectivity index (χ2v) is 9.80. The normalized spacial score (nSPS) is 20.7. The highest BCUT2D eigenvalue weighted by atomic mass is 32.1. The molecule has 32 heavy (non-hydrogen) atoms. The molecular weight excluding hydrogens is 437 g/mol. The lowest BCUT2D eigenvalue weighted by Gasteiger charge is -2.39. The summed E-state index contributed by atoms with van der Waals surface area (Å²) in [6.45, 7) is 5.83. The lowest BCUT2D eigenvalue weighted by atomic mass is 9.69. The summed E-state index contributed by atoms with van der Waals surface area (Å²) < 4.78 is 39.3. The van der Waals surface area contributed by atoms with Crippen LogP contribution >= 0.6 is 11.3 Å². The highest BCUT2D eigenvalue weighted by molar-refractivity contribution is 7.08. The minimum Gasteiger partial charge on any atom is -0.362 e. The zero-order valence-electron chi connectivity index (χ0n) is 17.9. The number of Topliss-reactive ketones (excluding diaryl/α,β-unsaturated/α-hetero) is 1. The van der Waals surface area contributed by atoms with E-state index in [2.05, 4.69) is 10.6 Å². The molecule has 0 saturated heterocycles. The first-order valence-electron chi connectivity index (χ1n) is 10.2. The number of thiophene rings is 1. The molecule has 2 aromatic rings. The van der Waals surface area contributed by atoms with Crippen LogP contribution in [0.4, 0.5) is 18.9 Å². The molecule has 0 bridgehead atoms. The third-order valence-corrected chi connectivity index (χ3v) is 6.51. The van der Waals surface area contributed by atoms with Crippen LogP contribution < -0.4 is 10.6 Å². The van der Waals surface area contributed by atoms with Crippen LogP contribution in [-0.2, 0) is 15.8 Å². The second-order valence-electron chi connectivity index (χ2n) is 9.02. The largest absolute Gasteiger partial charge is 0.416 e. The van der Waals surface area contributed by atoms with Crippen LogP contribution in [0.3, 0.4) is 0 Å². The molecule has 1 aromatic carbocycles. The maximum atomic E-state index is 13.3. The number of nitrogens with one attached hydrogen (secondary N) is 2. The van der Waals surface area contributed by atoms with Crippen LogP contribution in [0.15, 0.2) is 63.6 Å². The van der Waals surface area contributed by atoms with E-state index in [-0.39, 0.29) is 16.9 Å². The van der Waals surface area contributed by atoms with E-state index < -0.39 is 23.6 Å². The molecule has 2 aliphatic rings. The molecule has 1 amide bonds. The van der Waals surface area contributed by atoms with Crippen LogP contribution in [0, 0.1) is 5.41 Å². The fourth-order valence-corrected chi connectivity index (χ4v) is 5.17. The monoisotopic (exact) mass is 460 g/mol. The Morgan fingerprint density at radius 1 is 1.22 bits per heavy atom. The Kier molecular flexibility index (Phi) is 5.53. The number of hydrogen-bond donors (Lipinski definition) is 2. The van der Waals surface area contributed by atoms with Crippen LogP contribution in [0.5, 0.6) is 0 Å². The van der Waals surface area contributed by atoms with Crippen molar-refractivity contribution in [1.29, 1.82) is 0 Å². The number of ketones is 1. The van der Waals surface area contributed by atoms with Gasteiger partial charge in [-0.05, 0) is 59.3 Å². The molecule has 4 nitrogen and oxygen atoms in total. The zero-order chi connectivity index (χ0) is 23.3. The third-order valence-electron chi connectivity index (χ3n) is 5.81. The van der Waals surface area contributed by atoms with E-state index in [1.54, 1.807) is 6.92 Å². The molecule has 0 saturated carbocycles. The van der Waals surface area contributed by atoms with E-state index in [0.29, 0.717) is 29.7 Å². The zero-order valence-corrected chi connectivity index (χ0v) is 18.7. The van der Waals surface area contributed by atoms with Gasteiger partial charge in [-0.25, -0.2) is 0 Å². The quantitative estimate of drug-likeness (QED) is 0.590. The second kappa shape index (κ2) is 7.92. The third kappa shape index (κ3) is 4.24. The van der Waals surface area contributed by atoms with Gasteiger partial charge in [-0.1, -0.05) is 19.9 Å². The summed E-state index contributed by atoms with van der Waals surface area (Å²) in [4.78, 5) is 26.5. The fourth-order valence-electron chi connectivity index (χ4n) is 4.48. The van der Waals surface area contributed by atoms with Crippen molar-refractivity contribution >= 4 is 28.7 Å². The van der Waals surface area contributed by atoms with E-state index in [4.69, 9.17) is 0 Å². The van der Waals surface area contributed by atoms with E-state index in [0.717, 1.165) is 23.4 Å². The topological polar surface area (TPSA) is 58.2 Å². The Morgan fingerprint density at radius 3 is 2.62 bits per heavy atom. The highest BCUT2D eigenvalue weighted by Crippen LogP contribution is 2.47. The van der Waals surface area contributed by atoms with Gasteiger partial charge in [0.1, 0.15) is 0 Å². The molecule has 0 spiro atoms. The Morgan fingerprint density at radius 2 is 1.97 bits per heavy atom. The molecule has 2 N–H and O–H groups in total. The van der Waals surface area contributed by atoms with Crippen molar-refractivity contribution in [1.82, 2.24) is 5.32 Å². The number of rotatable bonds is 3. The van der Waals surface area contributed by atoms with Gasteiger partial charge in [0.25, 0.3) is 5.91 Å². The van der Waals surface area contributed by atoms with Crippen molar-refractivity contribution in [2.75, 3.05) is 5.32 Å².